The van der Waals surface area contributed by atoms with Crippen molar-refractivity contribution in [2.24, 2.45) is 0 Å². The maximum Gasteiger partial charge on any atom is 0.416 e. The number of ether oxygens (including phenoxy) is 1. The van der Waals surface area contributed by atoms with E-state index in [0.717, 1.165) is 12.1 Å². The van der Waals surface area contributed by atoms with Crippen LogP contribution in [-0.4, -0.2) is 30.1 Å². The number of para-hydroxylation sites is 1. The zero-order valence-electron chi connectivity index (χ0n) is 19.7. The van der Waals surface area contributed by atoms with Crippen LogP contribution in [-0.2, 0) is 22.2 Å². The highest BCUT2D eigenvalue weighted by molar-refractivity contribution is 6.03. The smallest absolute Gasteiger partial charge is 0.416 e. The number of amides is 2. The van der Waals surface area contributed by atoms with Crippen molar-refractivity contribution in [3.63, 3.8) is 0 Å². The largest absolute Gasteiger partial charge is 0.496 e. The van der Waals surface area contributed by atoms with Gasteiger partial charge in [0.15, 0.2) is 0 Å². The Kier molecular flexibility index (Phi) is 7.45. The zero-order chi connectivity index (χ0) is 26.6. The van der Waals surface area contributed by atoms with Crippen LogP contribution >= 0.6 is 0 Å². The van der Waals surface area contributed by atoms with Crippen LogP contribution < -0.4 is 15.4 Å². The summed E-state index contributed by atoms with van der Waals surface area (Å²) in [5, 5.41) is 15.2. The van der Waals surface area contributed by atoms with Crippen LogP contribution in [0.1, 0.15) is 22.3 Å². The van der Waals surface area contributed by atoms with Crippen molar-refractivity contribution in [2.75, 3.05) is 17.7 Å². The molecule has 1 aliphatic heterocycles. The van der Waals surface area contributed by atoms with Crippen molar-refractivity contribution in [1.29, 1.82) is 0 Å². The first-order valence-electron chi connectivity index (χ1n) is 11.3. The van der Waals surface area contributed by atoms with Crippen molar-refractivity contribution >= 4 is 28.8 Å². The summed E-state index contributed by atoms with van der Waals surface area (Å²) in [5.41, 5.74) is 2.49. The van der Waals surface area contributed by atoms with E-state index in [4.69, 9.17) is 4.74 Å². The average molecular weight is 508 g/mol. The second-order valence-electron chi connectivity index (χ2n) is 8.24. The van der Waals surface area contributed by atoms with Gasteiger partial charge < -0.3 is 20.5 Å². The van der Waals surface area contributed by atoms with Crippen LogP contribution in [0.15, 0.2) is 85.0 Å². The van der Waals surface area contributed by atoms with Crippen LogP contribution in [0.4, 0.5) is 24.5 Å². The summed E-state index contributed by atoms with van der Waals surface area (Å²) in [4.78, 5) is 24.4. The van der Waals surface area contributed by atoms with Gasteiger partial charge in [0, 0.05) is 35.0 Å². The lowest BCUT2D eigenvalue weighted by molar-refractivity contribution is -0.137. The van der Waals surface area contributed by atoms with Crippen molar-refractivity contribution in [3.05, 3.63) is 107 Å². The average Bonchev–Trinajstić information content (AvgIpc) is 2.87. The molecule has 190 valence electrons. The highest BCUT2D eigenvalue weighted by atomic mass is 19.4. The van der Waals surface area contributed by atoms with Crippen molar-refractivity contribution in [3.8, 4) is 5.75 Å². The number of nitrogens with one attached hydrogen (secondary N) is 2. The highest BCUT2D eigenvalue weighted by Gasteiger charge is 2.30. The summed E-state index contributed by atoms with van der Waals surface area (Å²) in [6.45, 7) is 0. The van der Waals surface area contributed by atoms with Gasteiger partial charge in [0.1, 0.15) is 11.9 Å². The molecule has 2 amide bonds. The Hall–Kier alpha value is -4.37. The van der Waals surface area contributed by atoms with E-state index in [1.807, 2.05) is 0 Å². The summed E-state index contributed by atoms with van der Waals surface area (Å²) in [5.74, 6) is -0.459. The van der Waals surface area contributed by atoms with Crippen molar-refractivity contribution in [1.82, 2.24) is 0 Å². The topological polar surface area (TPSA) is 87.7 Å². The Morgan fingerprint density at radius 1 is 1.08 bits per heavy atom. The second kappa shape index (κ2) is 10.7. The Morgan fingerprint density at radius 2 is 1.81 bits per heavy atom. The van der Waals surface area contributed by atoms with E-state index in [-0.39, 0.29) is 6.42 Å². The summed E-state index contributed by atoms with van der Waals surface area (Å²) >= 11 is 0. The molecule has 1 unspecified atom stereocenters. The predicted molar refractivity (Wildman–Crippen MR) is 134 cm³/mol. The lowest BCUT2D eigenvalue weighted by atomic mass is 9.95. The fraction of sp³-hybridized carbons (Fsp3) is 0.143. The number of rotatable bonds is 6. The van der Waals surface area contributed by atoms with Gasteiger partial charge in [-0.05, 0) is 41.5 Å². The number of benzene rings is 3. The van der Waals surface area contributed by atoms with Crippen LogP contribution in [0.3, 0.4) is 0 Å². The number of alkyl halides is 3. The van der Waals surface area contributed by atoms with Gasteiger partial charge in [-0.3, -0.25) is 9.59 Å². The third-order valence-corrected chi connectivity index (χ3v) is 5.82. The van der Waals surface area contributed by atoms with Gasteiger partial charge >= 0.3 is 6.18 Å². The minimum atomic E-state index is -4.46. The number of allylic oxidation sites excluding steroid dienone is 2. The van der Waals surface area contributed by atoms with E-state index < -0.39 is 29.7 Å². The molecule has 3 aromatic rings. The van der Waals surface area contributed by atoms with Gasteiger partial charge in [0.25, 0.3) is 5.91 Å². The summed E-state index contributed by atoms with van der Waals surface area (Å²) in [7, 11) is 1.49. The van der Waals surface area contributed by atoms with Gasteiger partial charge in [-0.2, -0.15) is 13.2 Å². The number of carbonyl (C=O) groups excluding carboxylic acids is 2. The lowest BCUT2D eigenvalue weighted by Gasteiger charge is -2.23. The number of aliphatic hydroxyl groups is 1. The molecule has 0 spiro atoms. The first-order valence-corrected chi connectivity index (χ1v) is 11.3. The summed E-state index contributed by atoms with van der Waals surface area (Å²) in [6, 6.07) is 16.8. The van der Waals surface area contributed by atoms with Crippen molar-refractivity contribution < 1.29 is 32.6 Å². The molecule has 0 aromatic heterocycles. The molecule has 0 bridgehead atoms. The second-order valence-corrected chi connectivity index (χ2v) is 8.24. The van der Waals surface area contributed by atoms with Crippen LogP contribution in [0.25, 0.3) is 5.57 Å². The minimum Gasteiger partial charge on any atom is -0.496 e. The molecule has 1 heterocycles. The number of methoxy groups -OCH3 is 1. The number of fused-ring (bicyclic) bond motifs is 1. The minimum absolute atomic E-state index is 0.0626. The van der Waals surface area contributed by atoms with E-state index in [9.17, 15) is 27.9 Å². The fourth-order valence-electron chi connectivity index (χ4n) is 4.00. The fourth-order valence-corrected chi connectivity index (χ4v) is 4.00. The van der Waals surface area contributed by atoms with Gasteiger partial charge in [-0.15, -0.1) is 0 Å². The molecule has 0 fully saturated rings. The normalized spacial score (nSPS) is 15.8. The van der Waals surface area contributed by atoms with E-state index in [2.05, 4.69) is 10.6 Å². The molecule has 1 atom stereocenters. The number of anilines is 2. The first-order chi connectivity index (χ1) is 17.7. The highest BCUT2D eigenvalue weighted by Crippen LogP contribution is 2.34. The molecule has 9 heteroatoms. The molecule has 3 aromatic carbocycles. The SMILES string of the molecule is COc1ccccc1/C(=C/C=C/C(=O)Nc1cccc2c1CC(O)C(=O)N2)c1ccc(C(F)(F)F)cc1. The molecule has 1 aliphatic rings. The quantitative estimate of drug-likeness (QED) is 0.316. The molecule has 0 radical (unpaired) electrons. The van der Waals surface area contributed by atoms with Gasteiger partial charge in [-0.1, -0.05) is 48.6 Å². The number of aliphatic hydroxyl groups excluding tert-OH is 1. The summed E-state index contributed by atoms with van der Waals surface area (Å²) in [6.07, 6.45) is -1.23. The molecule has 6 nitrogen and oxygen atoms in total. The lowest BCUT2D eigenvalue weighted by Crippen LogP contribution is -2.34. The molecule has 4 rings (SSSR count). The predicted octanol–water partition coefficient (Wildman–Crippen LogP) is 5.20. The Labute approximate surface area is 211 Å². The van der Waals surface area contributed by atoms with E-state index >= 15 is 0 Å². The number of halogens is 3. The van der Waals surface area contributed by atoms with Gasteiger partial charge in [-0.25, -0.2) is 0 Å². The molecular formula is C28H23F3N2O4. The molecular weight excluding hydrogens is 485 g/mol. The molecule has 0 saturated carbocycles. The van der Waals surface area contributed by atoms with E-state index in [1.165, 1.54) is 31.4 Å². The number of hydrogen-bond acceptors (Lipinski definition) is 4. The Balaban J connectivity index is 1.62. The van der Waals surface area contributed by atoms with Crippen LogP contribution in [0, 0.1) is 0 Å². The van der Waals surface area contributed by atoms with E-state index in [0.29, 0.717) is 39.4 Å². The Bertz CT molecular complexity index is 1380. The first kappa shape index (κ1) is 25.7. The maximum atomic E-state index is 13.1. The standard InChI is InChI=1S/C28H23F3N2O4/c1-37-25-10-3-2-6-20(25)19(17-12-14-18(15-13-17)28(29,30)31)7-4-11-26(35)32-22-8-5-9-23-21(22)16-24(34)27(36)33-23/h2-15,24,34H,16H2,1H3,(H,32,35)(H,33,36)/b11-4+,19-7+. The van der Waals surface area contributed by atoms with Crippen LogP contribution in [0.5, 0.6) is 5.75 Å². The number of hydrogen-bond donors (Lipinski definition) is 3. The molecule has 0 saturated heterocycles. The molecule has 3 N–H and O–H groups in total. The molecule has 37 heavy (non-hydrogen) atoms. The Morgan fingerprint density at radius 3 is 2.51 bits per heavy atom. The van der Waals surface area contributed by atoms with E-state index in [1.54, 1.807) is 48.5 Å². The monoisotopic (exact) mass is 508 g/mol. The van der Waals surface area contributed by atoms with Gasteiger partial charge in [0.2, 0.25) is 5.91 Å². The third kappa shape index (κ3) is 5.90. The van der Waals surface area contributed by atoms with Crippen molar-refractivity contribution in [2.45, 2.75) is 18.7 Å². The zero-order valence-corrected chi connectivity index (χ0v) is 19.7. The third-order valence-electron chi connectivity index (χ3n) is 5.82. The molecule has 0 aliphatic carbocycles. The van der Waals surface area contributed by atoms with Gasteiger partial charge in [0.05, 0.1) is 12.7 Å². The number of carbonyl (C=O) groups is 2. The maximum absolute atomic E-state index is 13.1. The van der Waals surface area contributed by atoms with Crippen LogP contribution in [0.2, 0.25) is 0 Å². The summed E-state index contributed by atoms with van der Waals surface area (Å²) < 4.78 is 44.6.